The molecule has 0 aliphatic carbocycles. The van der Waals surface area contributed by atoms with Gasteiger partial charge in [0.1, 0.15) is 0 Å². The molecule has 0 aliphatic rings. The Morgan fingerprint density at radius 1 is 1.03 bits per heavy atom. The van der Waals surface area contributed by atoms with E-state index >= 15 is 0 Å². The molecule has 1 amide bonds. The van der Waals surface area contributed by atoms with Gasteiger partial charge in [-0.15, -0.1) is 11.3 Å². The van der Waals surface area contributed by atoms with Gasteiger partial charge in [0.05, 0.1) is 11.6 Å². The minimum Gasteiger partial charge on any atom is -0.350 e. The highest BCUT2D eigenvalue weighted by molar-refractivity contribution is 7.10. The third-order valence-electron chi connectivity index (χ3n) is 4.65. The molecular weight excluding hydrogens is 397 g/mol. The molecule has 0 saturated carbocycles. The summed E-state index contributed by atoms with van der Waals surface area (Å²) in [6.45, 7) is 0.424. The zero-order valence-corrected chi connectivity index (χ0v) is 16.8. The number of alkyl halides is 3. The van der Waals surface area contributed by atoms with E-state index in [1.807, 2.05) is 36.5 Å². The van der Waals surface area contributed by atoms with Gasteiger partial charge < -0.3 is 10.2 Å². The molecule has 0 spiro atoms. The number of rotatable bonds is 6. The second-order valence-electron chi connectivity index (χ2n) is 6.83. The Balaban J connectivity index is 1.80. The van der Waals surface area contributed by atoms with Crippen molar-refractivity contribution in [3.05, 3.63) is 82.0 Å². The molecule has 3 rings (SSSR count). The first-order valence-corrected chi connectivity index (χ1v) is 9.90. The predicted molar refractivity (Wildman–Crippen MR) is 110 cm³/mol. The van der Waals surface area contributed by atoms with Crippen LogP contribution in [0.1, 0.15) is 26.8 Å². The number of carbonyl (C=O) groups is 1. The molecule has 7 heteroatoms. The van der Waals surface area contributed by atoms with Crippen molar-refractivity contribution in [3.63, 3.8) is 0 Å². The summed E-state index contributed by atoms with van der Waals surface area (Å²) in [4.78, 5) is 16.0. The SMILES string of the molecule is CN(C)C(CNC(=O)c1ccccc1-c1ccc(C(F)(F)F)cc1)c1cccs1. The number of nitrogens with one attached hydrogen (secondary N) is 1. The fourth-order valence-corrected chi connectivity index (χ4v) is 4.00. The van der Waals surface area contributed by atoms with Crippen LogP contribution in [-0.4, -0.2) is 31.4 Å². The average molecular weight is 418 g/mol. The van der Waals surface area contributed by atoms with Gasteiger partial charge in [-0.3, -0.25) is 4.79 Å². The van der Waals surface area contributed by atoms with Crippen molar-refractivity contribution in [1.29, 1.82) is 0 Å². The zero-order valence-electron chi connectivity index (χ0n) is 16.0. The van der Waals surface area contributed by atoms with Crippen molar-refractivity contribution in [2.24, 2.45) is 0 Å². The first-order chi connectivity index (χ1) is 13.8. The molecule has 3 aromatic rings. The predicted octanol–water partition coefficient (Wildman–Crippen LogP) is 5.47. The van der Waals surface area contributed by atoms with E-state index in [0.717, 1.165) is 17.0 Å². The highest BCUT2D eigenvalue weighted by atomic mass is 32.1. The number of hydrogen-bond donors (Lipinski definition) is 1. The fourth-order valence-electron chi connectivity index (χ4n) is 3.07. The van der Waals surface area contributed by atoms with Crippen LogP contribution < -0.4 is 5.32 Å². The summed E-state index contributed by atoms with van der Waals surface area (Å²) in [5, 5.41) is 4.95. The number of likely N-dealkylation sites (N-methyl/N-ethyl adjacent to an activating group) is 1. The van der Waals surface area contributed by atoms with Crippen LogP contribution in [0.5, 0.6) is 0 Å². The number of benzene rings is 2. The lowest BCUT2D eigenvalue weighted by atomic mass is 9.98. The maximum atomic E-state index is 12.9. The number of amides is 1. The normalized spacial score (nSPS) is 12.8. The molecule has 152 valence electrons. The lowest BCUT2D eigenvalue weighted by Gasteiger charge is -2.23. The van der Waals surface area contributed by atoms with E-state index in [1.54, 1.807) is 35.6 Å². The molecular formula is C22H21F3N2OS. The van der Waals surface area contributed by atoms with Gasteiger partial charge in [-0.2, -0.15) is 13.2 Å². The summed E-state index contributed by atoms with van der Waals surface area (Å²) in [7, 11) is 3.90. The second-order valence-corrected chi connectivity index (χ2v) is 7.80. The standard InChI is InChI=1S/C22H21F3N2OS/c1-27(2)19(20-8-5-13-29-20)14-26-21(28)18-7-4-3-6-17(18)15-9-11-16(12-10-15)22(23,24)25/h3-13,19H,14H2,1-2H3,(H,26,28). The monoisotopic (exact) mass is 418 g/mol. The van der Waals surface area contributed by atoms with E-state index < -0.39 is 11.7 Å². The minimum atomic E-state index is -4.39. The molecule has 0 radical (unpaired) electrons. The third kappa shape index (κ3) is 5.05. The van der Waals surface area contributed by atoms with Crippen molar-refractivity contribution >= 4 is 17.2 Å². The fraction of sp³-hybridized carbons (Fsp3) is 0.227. The largest absolute Gasteiger partial charge is 0.416 e. The lowest BCUT2D eigenvalue weighted by molar-refractivity contribution is -0.137. The molecule has 0 fully saturated rings. The Kier molecular flexibility index (Phi) is 6.39. The van der Waals surface area contributed by atoms with Crippen molar-refractivity contribution in [2.45, 2.75) is 12.2 Å². The summed E-state index contributed by atoms with van der Waals surface area (Å²) in [5.74, 6) is -0.260. The summed E-state index contributed by atoms with van der Waals surface area (Å²) in [6.07, 6.45) is -4.39. The second kappa shape index (κ2) is 8.80. The maximum absolute atomic E-state index is 12.9. The first-order valence-electron chi connectivity index (χ1n) is 9.02. The highest BCUT2D eigenvalue weighted by Crippen LogP contribution is 2.32. The summed E-state index contributed by atoms with van der Waals surface area (Å²) in [6, 6.07) is 15.8. The van der Waals surface area contributed by atoms with Gasteiger partial charge in [-0.25, -0.2) is 0 Å². The number of thiophene rings is 1. The van der Waals surface area contributed by atoms with Gasteiger partial charge in [0, 0.05) is 17.0 Å². The molecule has 0 bridgehead atoms. The highest BCUT2D eigenvalue weighted by Gasteiger charge is 2.30. The van der Waals surface area contributed by atoms with Crippen LogP contribution in [0.3, 0.4) is 0 Å². The summed E-state index contributed by atoms with van der Waals surface area (Å²) in [5.41, 5.74) is 0.867. The Labute approximate surface area is 171 Å². The summed E-state index contributed by atoms with van der Waals surface area (Å²) >= 11 is 1.63. The lowest BCUT2D eigenvalue weighted by Crippen LogP contribution is -2.34. The first kappa shape index (κ1) is 21.1. The Hall–Kier alpha value is -2.64. The molecule has 1 unspecified atom stereocenters. The Morgan fingerprint density at radius 3 is 2.31 bits per heavy atom. The maximum Gasteiger partial charge on any atom is 0.416 e. The average Bonchev–Trinajstić information content (AvgIpc) is 3.21. The Bertz CT molecular complexity index is 951. The van der Waals surface area contributed by atoms with Crippen molar-refractivity contribution in [3.8, 4) is 11.1 Å². The number of hydrogen-bond acceptors (Lipinski definition) is 3. The number of halogens is 3. The van der Waals surface area contributed by atoms with Crippen LogP contribution in [0, 0.1) is 0 Å². The zero-order chi connectivity index (χ0) is 21.0. The molecule has 2 aromatic carbocycles. The minimum absolute atomic E-state index is 0.0391. The van der Waals surface area contributed by atoms with Crippen LogP contribution in [-0.2, 0) is 6.18 Å². The molecule has 0 saturated heterocycles. The van der Waals surface area contributed by atoms with E-state index in [2.05, 4.69) is 5.32 Å². The molecule has 3 nitrogen and oxygen atoms in total. The number of nitrogens with zero attached hydrogens (tertiary/aromatic N) is 1. The van der Waals surface area contributed by atoms with Gasteiger partial charge in [-0.1, -0.05) is 36.4 Å². The van der Waals surface area contributed by atoms with Crippen LogP contribution in [0.2, 0.25) is 0 Å². The van der Waals surface area contributed by atoms with E-state index in [1.165, 1.54) is 12.1 Å². The van der Waals surface area contributed by atoms with E-state index in [-0.39, 0.29) is 11.9 Å². The molecule has 29 heavy (non-hydrogen) atoms. The molecule has 1 aromatic heterocycles. The quantitative estimate of drug-likeness (QED) is 0.576. The third-order valence-corrected chi connectivity index (χ3v) is 5.62. The number of carbonyl (C=O) groups excluding carboxylic acids is 1. The van der Waals surface area contributed by atoms with Gasteiger partial charge in [0.2, 0.25) is 0 Å². The topological polar surface area (TPSA) is 32.3 Å². The van der Waals surface area contributed by atoms with Gasteiger partial charge in [0.25, 0.3) is 5.91 Å². The van der Waals surface area contributed by atoms with Gasteiger partial charge in [0.15, 0.2) is 0 Å². The van der Waals surface area contributed by atoms with E-state index in [0.29, 0.717) is 23.2 Å². The van der Waals surface area contributed by atoms with Crippen molar-refractivity contribution < 1.29 is 18.0 Å². The van der Waals surface area contributed by atoms with Crippen LogP contribution in [0.4, 0.5) is 13.2 Å². The summed E-state index contributed by atoms with van der Waals surface area (Å²) < 4.78 is 38.5. The molecule has 1 atom stereocenters. The van der Waals surface area contributed by atoms with E-state index in [4.69, 9.17) is 0 Å². The molecule has 1 heterocycles. The van der Waals surface area contributed by atoms with Gasteiger partial charge in [-0.05, 0) is 54.9 Å². The van der Waals surface area contributed by atoms with Crippen LogP contribution in [0.25, 0.3) is 11.1 Å². The van der Waals surface area contributed by atoms with Crippen molar-refractivity contribution in [1.82, 2.24) is 10.2 Å². The van der Waals surface area contributed by atoms with Gasteiger partial charge >= 0.3 is 6.18 Å². The van der Waals surface area contributed by atoms with Crippen LogP contribution in [0.15, 0.2) is 66.0 Å². The smallest absolute Gasteiger partial charge is 0.350 e. The van der Waals surface area contributed by atoms with Crippen LogP contribution >= 0.6 is 11.3 Å². The van der Waals surface area contributed by atoms with Crippen molar-refractivity contribution in [2.75, 3.05) is 20.6 Å². The van der Waals surface area contributed by atoms with E-state index in [9.17, 15) is 18.0 Å². The Morgan fingerprint density at radius 2 is 1.72 bits per heavy atom. The molecule has 1 N–H and O–H groups in total. The molecule has 0 aliphatic heterocycles.